The highest BCUT2D eigenvalue weighted by atomic mass is 19.2. The van der Waals surface area contributed by atoms with E-state index in [1.807, 2.05) is 11.0 Å². The number of carbonyl (C=O) groups excluding carboxylic acids is 1. The maximum absolute atomic E-state index is 13.5. The Labute approximate surface area is 120 Å². The van der Waals surface area contributed by atoms with Crippen molar-refractivity contribution in [1.82, 2.24) is 10.2 Å². The molecule has 0 radical (unpaired) electrons. The third-order valence-electron chi connectivity index (χ3n) is 3.50. The summed E-state index contributed by atoms with van der Waals surface area (Å²) in [6, 6.07) is 3.53. The van der Waals surface area contributed by atoms with Crippen LogP contribution in [0.3, 0.4) is 0 Å². The second-order valence-electron chi connectivity index (χ2n) is 4.90. The predicted molar refractivity (Wildman–Crippen MR) is 68.9 cm³/mol. The lowest BCUT2D eigenvalue weighted by atomic mass is 10.0. The van der Waals surface area contributed by atoms with Crippen LogP contribution in [0.5, 0.6) is 0 Å². The minimum Gasteiger partial charge on any atom is -0.349 e. The predicted octanol–water partition coefficient (Wildman–Crippen LogP) is 1.82. The van der Waals surface area contributed by atoms with Crippen LogP contribution >= 0.6 is 0 Å². The van der Waals surface area contributed by atoms with Crippen molar-refractivity contribution in [2.45, 2.75) is 18.9 Å². The monoisotopic (exact) mass is 297 g/mol. The molecule has 1 fully saturated rings. The largest absolute Gasteiger partial charge is 0.349 e. The molecule has 1 heterocycles. The van der Waals surface area contributed by atoms with E-state index >= 15 is 0 Å². The first kappa shape index (κ1) is 15.3. The zero-order valence-corrected chi connectivity index (χ0v) is 11.2. The molecule has 0 aromatic heterocycles. The van der Waals surface area contributed by atoms with Gasteiger partial charge in [0.25, 0.3) is 5.91 Å². The van der Waals surface area contributed by atoms with E-state index in [0.717, 1.165) is 12.1 Å². The van der Waals surface area contributed by atoms with E-state index in [1.54, 1.807) is 0 Å². The van der Waals surface area contributed by atoms with Crippen LogP contribution in [0.25, 0.3) is 0 Å². The van der Waals surface area contributed by atoms with Crippen LogP contribution in [0.15, 0.2) is 12.1 Å². The molecule has 0 unspecified atom stereocenters. The van der Waals surface area contributed by atoms with Gasteiger partial charge in [0, 0.05) is 19.1 Å². The van der Waals surface area contributed by atoms with Gasteiger partial charge in [0.05, 0.1) is 18.2 Å². The molecule has 21 heavy (non-hydrogen) atoms. The summed E-state index contributed by atoms with van der Waals surface area (Å²) in [7, 11) is 0. The fraction of sp³-hybridized carbons (Fsp3) is 0.429. The molecule has 1 amide bonds. The van der Waals surface area contributed by atoms with Gasteiger partial charge in [-0.3, -0.25) is 9.69 Å². The van der Waals surface area contributed by atoms with E-state index in [9.17, 15) is 18.0 Å². The van der Waals surface area contributed by atoms with E-state index < -0.39 is 28.9 Å². The summed E-state index contributed by atoms with van der Waals surface area (Å²) in [6.45, 7) is 1.63. The Balaban J connectivity index is 1.97. The summed E-state index contributed by atoms with van der Waals surface area (Å²) in [5.74, 6) is -5.21. The van der Waals surface area contributed by atoms with Gasteiger partial charge in [-0.2, -0.15) is 5.26 Å². The molecule has 0 aliphatic carbocycles. The molecule has 1 aromatic rings. The molecule has 1 aliphatic rings. The topological polar surface area (TPSA) is 56.1 Å². The van der Waals surface area contributed by atoms with E-state index in [0.29, 0.717) is 32.5 Å². The average Bonchev–Trinajstić information content (AvgIpc) is 2.47. The van der Waals surface area contributed by atoms with Gasteiger partial charge in [-0.1, -0.05) is 0 Å². The molecular formula is C14H14F3N3O. The Morgan fingerprint density at radius 3 is 2.57 bits per heavy atom. The van der Waals surface area contributed by atoms with Gasteiger partial charge in [0.2, 0.25) is 0 Å². The Hall–Kier alpha value is -2.07. The lowest BCUT2D eigenvalue weighted by molar-refractivity contribution is 0.0909. The molecule has 112 valence electrons. The highest BCUT2D eigenvalue weighted by Crippen LogP contribution is 2.16. The van der Waals surface area contributed by atoms with Crippen molar-refractivity contribution in [3.05, 3.63) is 35.1 Å². The van der Waals surface area contributed by atoms with Gasteiger partial charge in [-0.05, 0) is 25.0 Å². The molecule has 1 N–H and O–H groups in total. The van der Waals surface area contributed by atoms with Crippen molar-refractivity contribution >= 4 is 5.91 Å². The van der Waals surface area contributed by atoms with E-state index in [4.69, 9.17) is 5.26 Å². The van der Waals surface area contributed by atoms with Crippen LogP contribution < -0.4 is 5.32 Å². The summed E-state index contributed by atoms with van der Waals surface area (Å²) in [5, 5.41) is 11.2. The van der Waals surface area contributed by atoms with Crippen LogP contribution in [0, 0.1) is 28.8 Å². The number of nitriles is 1. The van der Waals surface area contributed by atoms with Gasteiger partial charge in [-0.15, -0.1) is 0 Å². The Kier molecular flexibility index (Phi) is 4.81. The van der Waals surface area contributed by atoms with Gasteiger partial charge >= 0.3 is 0 Å². The summed E-state index contributed by atoms with van der Waals surface area (Å²) in [4.78, 5) is 13.8. The number of likely N-dealkylation sites (tertiary alicyclic amines) is 1. The van der Waals surface area contributed by atoms with Crippen molar-refractivity contribution in [1.29, 1.82) is 5.26 Å². The van der Waals surface area contributed by atoms with Gasteiger partial charge in [-0.25, -0.2) is 13.2 Å². The summed E-state index contributed by atoms with van der Waals surface area (Å²) < 4.78 is 39.4. The normalized spacial score (nSPS) is 16.5. The van der Waals surface area contributed by atoms with Crippen molar-refractivity contribution in [3.63, 3.8) is 0 Å². The third kappa shape index (κ3) is 3.52. The van der Waals surface area contributed by atoms with Crippen LogP contribution in [0.4, 0.5) is 13.2 Å². The molecule has 0 atom stereocenters. The minimum absolute atomic E-state index is 0.167. The Morgan fingerprint density at radius 1 is 1.29 bits per heavy atom. The number of amides is 1. The SMILES string of the molecule is N#CCN1CCC(NC(=O)c2ccc(F)c(F)c2F)CC1. The second kappa shape index (κ2) is 6.59. The maximum atomic E-state index is 13.5. The maximum Gasteiger partial charge on any atom is 0.254 e. The fourth-order valence-corrected chi connectivity index (χ4v) is 2.30. The fourth-order valence-electron chi connectivity index (χ4n) is 2.30. The second-order valence-corrected chi connectivity index (χ2v) is 4.90. The van der Waals surface area contributed by atoms with E-state index in [2.05, 4.69) is 5.32 Å². The lowest BCUT2D eigenvalue weighted by Gasteiger charge is -2.30. The standard InChI is InChI=1S/C14H14F3N3O/c15-11-2-1-10(12(16)13(11)17)14(21)19-9-3-6-20(7-4-9)8-5-18/h1-2,9H,3-4,6-8H2,(H,19,21). The zero-order valence-electron chi connectivity index (χ0n) is 11.2. The smallest absolute Gasteiger partial charge is 0.254 e. The first-order valence-electron chi connectivity index (χ1n) is 6.56. The number of halogens is 3. The first-order chi connectivity index (χ1) is 10.0. The molecule has 0 saturated carbocycles. The molecule has 1 saturated heterocycles. The zero-order chi connectivity index (χ0) is 15.4. The number of hydrogen-bond donors (Lipinski definition) is 1. The van der Waals surface area contributed by atoms with E-state index in [1.165, 1.54) is 0 Å². The minimum atomic E-state index is -1.65. The number of piperidine rings is 1. The number of benzene rings is 1. The average molecular weight is 297 g/mol. The third-order valence-corrected chi connectivity index (χ3v) is 3.50. The number of carbonyl (C=O) groups is 1. The number of hydrogen-bond acceptors (Lipinski definition) is 3. The lowest BCUT2D eigenvalue weighted by Crippen LogP contribution is -2.44. The molecule has 0 spiro atoms. The first-order valence-corrected chi connectivity index (χ1v) is 6.56. The van der Waals surface area contributed by atoms with Crippen LogP contribution in [-0.2, 0) is 0 Å². The van der Waals surface area contributed by atoms with Gasteiger partial charge in [0.15, 0.2) is 17.5 Å². The van der Waals surface area contributed by atoms with Crippen LogP contribution in [0.2, 0.25) is 0 Å². The Morgan fingerprint density at radius 2 is 1.95 bits per heavy atom. The molecule has 2 rings (SSSR count). The van der Waals surface area contributed by atoms with Crippen LogP contribution in [-0.4, -0.2) is 36.5 Å². The van der Waals surface area contributed by atoms with Crippen molar-refractivity contribution in [2.24, 2.45) is 0 Å². The molecule has 0 bridgehead atoms. The van der Waals surface area contributed by atoms with Gasteiger partial charge < -0.3 is 5.32 Å². The number of nitrogens with zero attached hydrogens (tertiary/aromatic N) is 2. The summed E-state index contributed by atoms with van der Waals surface area (Å²) in [6.07, 6.45) is 1.25. The van der Waals surface area contributed by atoms with E-state index in [-0.39, 0.29) is 6.04 Å². The van der Waals surface area contributed by atoms with Crippen molar-refractivity contribution in [2.75, 3.05) is 19.6 Å². The quantitative estimate of drug-likeness (QED) is 0.684. The molecule has 1 aliphatic heterocycles. The van der Waals surface area contributed by atoms with Crippen molar-refractivity contribution < 1.29 is 18.0 Å². The number of rotatable bonds is 3. The highest BCUT2D eigenvalue weighted by Gasteiger charge is 2.24. The molecule has 1 aromatic carbocycles. The molecule has 7 heteroatoms. The molecule has 4 nitrogen and oxygen atoms in total. The van der Waals surface area contributed by atoms with Crippen molar-refractivity contribution in [3.8, 4) is 6.07 Å². The summed E-state index contributed by atoms with van der Waals surface area (Å²) in [5.41, 5.74) is -0.506. The summed E-state index contributed by atoms with van der Waals surface area (Å²) >= 11 is 0. The number of nitrogens with one attached hydrogen (secondary N) is 1. The van der Waals surface area contributed by atoms with Gasteiger partial charge in [0.1, 0.15) is 0 Å². The molecular weight excluding hydrogens is 283 g/mol. The Bertz CT molecular complexity index is 578. The van der Waals surface area contributed by atoms with Crippen LogP contribution in [0.1, 0.15) is 23.2 Å². The highest BCUT2D eigenvalue weighted by molar-refractivity contribution is 5.94.